The molecule has 0 aromatic heterocycles. The molecule has 1 atom stereocenters. The van der Waals surface area contributed by atoms with Crippen LogP contribution in [-0.2, 0) is 9.59 Å². The zero-order valence-electron chi connectivity index (χ0n) is 9.89. The Labute approximate surface area is 101 Å². The van der Waals surface area contributed by atoms with Gasteiger partial charge in [-0.05, 0) is 19.3 Å². The van der Waals surface area contributed by atoms with E-state index in [4.69, 9.17) is 17.2 Å². The van der Waals surface area contributed by atoms with Crippen LogP contribution in [0.5, 0.6) is 0 Å². The largest absolute Gasteiger partial charge is 0.370 e. The molecule has 0 rings (SSSR count). The van der Waals surface area contributed by atoms with E-state index in [9.17, 15) is 9.59 Å². The van der Waals surface area contributed by atoms with E-state index in [1.54, 1.807) is 0 Å². The number of nitrogens with two attached hydrogens (primary N) is 3. The van der Waals surface area contributed by atoms with Crippen LogP contribution in [0.2, 0.25) is 0 Å². The van der Waals surface area contributed by atoms with Crippen molar-refractivity contribution < 1.29 is 9.59 Å². The molecule has 1 amide bonds. The highest BCUT2D eigenvalue weighted by Gasteiger charge is 2.11. The molecule has 98 valence electrons. The molecule has 0 spiro atoms. The highest BCUT2D eigenvalue weighted by molar-refractivity contribution is 5.81. The second-order valence-electron chi connectivity index (χ2n) is 3.66. The van der Waals surface area contributed by atoms with Crippen molar-refractivity contribution in [1.82, 2.24) is 5.32 Å². The van der Waals surface area contributed by atoms with Crippen molar-refractivity contribution in [3.63, 3.8) is 0 Å². The van der Waals surface area contributed by atoms with Gasteiger partial charge in [-0.25, -0.2) is 0 Å². The minimum absolute atomic E-state index is 0.0388. The van der Waals surface area contributed by atoms with Crippen molar-refractivity contribution in [2.45, 2.75) is 31.7 Å². The van der Waals surface area contributed by atoms with Crippen LogP contribution in [0.3, 0.4) is 0 Å². The second-order valence-corrected chi connectivity index (χ2v) is 3.66. The first-order valence-corrected chi connectivity index (χ1v) is 5.60. The quantitative estimate of drug-likeness (QED) is 0.168. The average molecular weight is 243 g/mol. The number of guanidine groups is 1. The summed E-state index contributed by atoms with van der Waals surface area (Å²) < 4.78 is 0. The van der Waals surface area contributed by atoms with Crippen LogP contribution in [-0.4, -0.2) is 37.3 Å². The number of aliphatic imine (C=N–C) groups is 1. The molecule has 0 aliphatic carbocycles. The first-order valence-electron chi connectivity index (χ1n) is 5.60. The molecule has 0 saturated heterocycles. The minimum atomic E-state index is -0.555. The van der Waals surface area contributed by atoms with Crippen LogP contribution >= 0.6 is 0 Å². The molecule has 7 nitrogen and oxygen atoms in total. The van der Waals surface area contributed by atoms with Crippen LogP contribution in [0.15, 0.2) is 4.99 Å². The first-order chi connectivity index (χ1) is 8.07. The molecular weight excluding hydrogens is 222 g/mol. The number of amides is 1. The zero-order chi connectivity index (χ0) is 13.1. The molecule has 7 N–H and O–H groups in total. The Balaban J connectivity index is 3.60. The van der Waals surface area contributed by atoms with E-state index in [0.717, 1.165) is 6.29 Å². The Morgan fingerprint density at radius 3 is 2.65 bits per heavy atom. The maximum absolute atomic E-state index is 11.4. The van der Waals surface area contributed by atoms with Gasteiger partial charge in [0.05, 0.1) is 6.04 Å². The topological polar surface area (TPSA) is 137 Å². The monoisotopic (exact) mass is 243 g/mol. The lowest BCUT2D eigenvalue weighted by Gasteiger charge is -2.10. The van der Waals surface area contributed by atoms with E-state index in [1.165, 1.54) is 0 Å². The summed E-state index contributed by atoms with van der Waals surface area (Å²) in [5.74, 6) is -0.169. The fourth-order valence-corrected chi connectivity index (χ4v) is 1.18. The van der Waals surface area contributed by atoms with Gasteiger partial charge >= 0.3 is 0 Å². The summed E-state index contributed by atoms with van der Waals surface area (Å²) in [5, 5.41) is 2.66. The predicted molar refractivity (Wildman–Crippen MR) is 66.2 cm³/mol. The van der Waals surface area contributed by atoms with E-state index in [1.807, 2.05) is 0 Å². The smallest absolute Gasteiger partial charge is 0.236 e. The fourth-order valence-electron chi connectivity index (χ4n) is 1.18. The van der Waals surface area contributed by atoms with E-state index < -0.39 is 6.04 Å². The van der Waals surface area contributed by atoms with Crippen LogP contribution < -0.4 is 22.5 Å². The predicted octanol–water partition coefficient (Wildman–Crippen LogP) is -1.54. The van der Waals surface area contributed by atoms with Gasteiger partial charge < -0.3 is 27.3 Å². The van der Waals surface area contributed by atoms with Gasteiger partial charge in [-0.1, -0.05) is 0 Å². The molecule has 0 heterocycles. The van der Waals surface area contributed by atoms with Gasteiger partial charge in [0, 0.05) is 19.5 Å². The van der Waals surface area contributed by atoms with Crippen molar-refractivity contribution >= 4 is 18.2 Å². The standard InChI is InChI=1S/C10H21N5O2/c11-8(4-3-6-15-10(12)13)9(17)14-5-1-2-7-16/h7-8H,1-6,11H2,(H,14,17)(H4,12,13,15)/t8-/m0/s1. The summed E-state index contributed by atoms with van der Waals surface area (Å²) in [7, 11) is 0. The third-order valence-electron chi connectivity index (χ3n) is 2.10. The van der Waals surface area contributed by atoms with Crippen LogP contribution in [0.25, 0.3) is 0 Å². The van der Waals surface area contributed by atoms with Crippen molar-refractivity contribution in [2.24, 2.45) is 22.2 Å². The fraction of sp³-hybridized carbons (Fsp3) is 0.700. The average Bonchev–Trinajstić information content (AvgIpc) is 2.29. The molecule has 0 aliphatic heterocycles. The number of nitrogens with zero attached hydrogens (tertiary/aromatic N) is 1. The molecule has 0 aromatic carbocycles. The molecule has 0 aromatic rings. The second kappa shape index (κ2) is 9.59. The number of carbonyl (C=O) groups is 2. The molecule has 7 heteroatoms. The molecule has 0 bridgehead atoms. The number of carbonyl (C=O) groups excluding carboxylic acids is 2. The van der Waals surface area contributed by atoms with Gasteiger partial charge in [0.15, 0.2) is 5.96 Å². The molecule has 0 unspecified atom stereocenters. The van der Waals surface area contributed by atoms with E-state index in [2.05, 4.69) is 10.3 Å². The number of aldehydes is 1. The zero-order valence-corrected chi connectivity index (χ0v) is 9.89. The Bertz CT molecular complexity index is 263. The van der Waals surface area contributed by atoms with Gasteiger partial charge in [-0.2, -0.15) is 0 Å². The van der Waals surface area contributed by atoms with Gasteiger partial charge in [0.2, 0.25) is 5.91 Å². The number of rotatable bonds is 9. The maximum atomic E-state index is 11.4. The third kappa shape index (κ3) is 9.31. The number of hydrogen-bond donors (Lipinski definition) is 4. The van der Waals surface area contributed by atoms with Gasteiger partial charge in [-0.15, -0.1) is 0 Å². The van der Waals surface area contributed by atoms with Crippen molar-refractivity contribution in [3.8, 4) is 0 Å². The molecule has 0 aliphatic rings. The Kier molecular flexibility index (Phi) is 8.67. The molecule has 0 radical (unpaired) electrons. The molecule has 0 saturated carbocycles. The van der Waals surface area contributed by atoms with Gasteiger partial charge in [0.1, 0.15) is 6.29 Å². The van der Waals surface area contributed by atoms with Gasteiger partial charge in [0.25, 0.3) is 0 Å². The number of hydrogen-bond acceptors (Lipinski definition) is 4. The number of unbranched alkanes of at least 4 members (excludes halogenated alkanes) is 1. The van der Waals surface area contributed by atoms with E-state index >= 15 is 0 Å². The van der Waals surface area contributed by atoms with E-state index in [0.29, 0.717) is 38.8 Å². The highest BCUT2D eigenvalue weighted by atomic mass is 16.2. The summed E-state index contributed by atoms with van der Waals surface area (Å²) in [6.07, 6.45) is 3.08. The molecule has 17 heavy (non-hydrogen) atoms. The Hall–Kier alpha value is -1.63. The minimum Gasteiger partial charge on any atom is -0.370 e. The van der Waals surface area contributed by atoms with Gasteiger partial charge in [-0.3, -0.25) is 9.79 Å². The third-order valence-corrected chi connectivity index (χ3v) is 2.10. The lowest BCUT2D eigenvalue weighted by atomic mass is 10.1. The lowest BCUT2D eigenvalue weighted by Crippen LogP contribution is -2.41. The summed E-state index contributed by atoms with van der Waals surface area (Å²) in [6.45, 7) is 0.938. The van der Waals surface area contributed by atoms with Crippen molar-refractivity contribution in [2.75, 3.05) is 13.1 Å². The first kappa shape index (κ1) is 15.4. The highest BCUT2D eigenvalue weighted by Crippen LogP contribution is 1.95. The number of nitrogens with one attached hydrogen (secondary N) is 1. The van der Waals surface area contributed by atoms with Crippen LogP contribution in [0, 0.1) is 0 Å². The Morgan fingerprint density at radius 1 is 1.35 bits per heavy atom. The van der Waals surface area contributed by atoms with Crippen LogP contribution in [0.4, 0.5) is 0 Å². The summed E-state index contributed by atoms with van der Waals surface area (Å²) >= 11 is 0. The summed E-state index contributed by atoms with van der Waals surface area (Å²) in [4.78, 5) is 25.3. The van der Waals surface area contributed by atoms with Crippen molar-refractivity contribution in [1.29, 1.82) is 0 Å². The normalized spacial score (nSPS) is 11.6. The maximum Gasteiger partial charge on any atom is 0.236 e. The molecular formula is C10H21N5O2. The summed E-state index contributed by atoms with van der Waals surface area (Å²) in [5.41, 5.74) is 16.0. The van der Waals surface area contributed by atoms with Crippen molar-refractivity contribution in [3.05, 3.63) is 0 Å². The van der Waals surface area contributed by atoms with E-state index in [-0.39, 0.29) is 11.9 Å². The Morgan fingerprint density at radius 2 is 2.06 bits per heavy atom. The lowest BCUT2D eigenvalue weighted by molar-refractivity contribution is -0.122. The molecule has 0 fully saturated rings. The van der Waals surface area contributed by atoms with Crippen LogP contribution in [0.1, 0.15) is 25.7 Å². The SMILES string of the molecule is NC(N)=NCCC[C@H](N)C(=O)NCCCC=O. The summed E-state index contributed by atoms with van der Waals surface area (Å²) in [6, 6.07) is -0.555.